The second-order valence-electron chi connectivity index (χ2n) is 11.3. The molecule has 0 atom stereocenters. The topological polar surface area (TPSA) is 207 Å². The first-order valence-corrected chi connectivity index (χ1v) is 17.4. The molecule has 4 N–H and O–H groups in total. The van der Waals surface area contributed by atoms with E-state index >= 15 is 0 Å². The Labute approximate surface area is 302 Å². The Balaban J connectivity index is 0.00000173. The summed E-state index contributed by atoms with van der Waals surface area (Å²) in [5.74, 6) is -3.34. The summed E-state index contributed by atoms with van der Waals surface area (Å²) in [5, 5.41) is 0. The Morgan fingerprint density at radius 3 is 1.60 bits per heavy atom. The third-order valence-corrected chi connectivity index (χ3v) is 7.30. The molecule has 16 nitrogen and oxygen atoms in total. The normalized spacial score (nSPS) is 10.9. The molecule has 0 spiro atoms. The van der Waals surface area contributed by atoms with Crippen LogP contribution in [0.15, 0.2) is 72.8 Å². The molecule has 0 bridgehead atoms. The van der Waals surface area contributed by atoms with E-state index in [2.05, 4.69) is 0 Å². The van der Waals surface area contributed by atoms with Crippen molar-refractivity contribution in [2.24, 2.45) is 0 Å². The van der Waals surface area contributed by atoms with Crippen molar-refractivity contribution in [3.63, 3.8) is 0 Å². The van der Waals surface area contributed by atoms with Gasteiger partial charge in [-0.2, -0.15) is 0 Å². The minimum absolute atomic E-state index is 0.0384. The van der Waals surface area contributed by atoms with Gasteiger partial charge in [0.15, 0.2) is 12.0 Å². The third kappa shape index (κ3) is 11.7. The molecule has 278 valence electrons. The van der Waals surface area contributed by atoms with Gasteiger partial charge >= 0.3 is 29.1 Å². The van der Waals surface area contributed by atoms with E-state index in [1.165, 1.54) is 79.2 Å². The summed E-state index contributed by atoms with van der Waals surface area (Å²) in [7, 11) is 5.02. The molecule has 0 aliphatic rings. The summed E-state index contributed by atoms with van der Waals surface area (Å²) < 4.78 is 27.5. The minimum atomic E-state index is -2.65. The largest absolute Gasteiger partial charge is 0.497 e. The van der Waals surface area contributed by atoms with Crippen molar-refractivity contribution in [2.75, 3.05) is 42.3 Å². The first-order chi connectivity index (χ1) is 24.7. The van der Waals surface area contributed by atoms with Crippen molar-refractivity contribution >= 4 is 41.3 Å². The van der Waals surface area contributed by atoms with E-state index in [1.807, 2.05) is 26.0 Å². The smallest absolute Gasteiger partial charge is 0.343 e. The molecule has 0 saturated carbocycles. The van der Waals surface area contributed by atoms with Crippen LogP contribution in [0.25, 0.3) is 5.69 Å². The maximum Gasteiger partial charge on any atom is 0.343 e. The van der Waals surface area contributed by atoms with Gasteiger partial charge in [-0.15, -0.1) is 0 Å². The molecule has 1 aromatic heterocycles. The van der Waals surface area contributed by atoms with Gasteiger partial charge in [-0.3, -0.25) is 14.2 Å². The van der Waals surface area contributed by atoms with Gasteiger partial charge in [-0.1, -0.05) is 24.3 Å². The lowest BCUT2D eigenvalue weighted by atomic mass is 10.1. The van der Waals surface area contributed by atoms with Crippen LogP contribution in [-0.2, 0) is 22.3 Å². The molecular weight excluding hydrogens is 720 g/mol. The van der Waals surface area contributed by atoms with Gasteiger partial charge in [0, 0.05) is 19.8 Å². The Bertz CT molecular complexity index is 1840. The van der Waals surface area contributed by atoms with Crippen LogP contribution in [0.5, 0.6) is 17.2 Å². The van der Waals surface area contributed by atoms with Gasteiger partial charge in [0.25, 0.3) is 5.91 Å². The van der Waals surface area contributed by atoms with E-state index in [0.29, 0.717) is 23.2 Å². The minimum Gasteiger partial charge on any atom is -0.497 e. The molecule has 0 unspecified atom stereocenters. The molecule has 0 saturated heterocycles. The van der Waals surface area contributed by atoms with Crippen LogP contribution in [0.4, 0.5) is 0 Å². The fraction of sp³-hybridized carbons (Fsp3) is 0.235. The van der Waals surface area contributed by atoms with Crippen LogP contribution in [0.3, 0.4) is 0 Å². The summed E-state index contributed by atoms with van der Waals surface area (Å²) in [5.41, 5.74) is 0.296. The predicted molar refractivity (Wildman–Crippen MR) is 190 cm³/mol. The number of carbonyl (C=O) groups is 4. The van der Waals surface area contributed by atoms with Crippen LogP contribution in [0.1, 0.15) is 52.8 Å². The molecule has 0 aliphatic heterocycles. The van der Waals surface area contributed by atoms with Crippen molar-refractivity contribution in [1.82, 2.24) is 14.4 Å². The lowest BCUT2D eigenvalue weighted by molar-refractivity contribution is 0.0676. The third-order valence-electron chi connectivity index (χ3n) is 6.58. The zero-order chi connectivity index (χ0) is 38.5. The van der Waals surface area contributed by atoms with Crippen molar-refractivity contribution < 1.29 is 62.0 Å². The molecule has 18 heteroatoms. The maximum atomic E-state index is 13.7. The number of carbonyl (C=O) groups excluding carboxylic acids is 4. The highest BCUT2D eigenvalue weighted by Gasteiger charge is 2.35. The fourth-order valence-corrected chi connectivity index (χ4v) is 4.92. The molecule has 4 aromatic rings. The van der Waals surface area contributed by atoms with Crippen LogP contribution >= 0.6 is 17.2 Å². The predicted octanol–water partition coefficient (Wildman–Crippen LogP) is 4.07. The lowest BCUT2D eigenvalue weighted by Gasteiger charge is -2.16. The summed E-state index contributed by atoms with van der Waals surface area (Å²) in [6.45, 7) is -0.474. The first kappa shape index (κ1) is 41.8. The van der Waals surface area contributed by atoms with E-state index in [9.17, 15) is 19.2 Å². The summed E-state index contributed by atoms with van der Waals surface area (Å²) in [6, 6.07) is 17.8. The Morgan fingerprint density at radius 1 is 0.731 bits per heavy atom. The van der Waals surface area contributed by atoms with Gasteiger partial charge in [-0.25, -0.2) is 9.59 Å². The average Bonchev–Trinajstić information content (AvgIpc) is 3.41. The standard InChI is InChI=1S/C31H30N2O13P2.C3H9N/c1-32(2)29(35)26-28(46-31(37)22-9-5-7-20(15-22)18-44-48(40)41)27(25(16-34)33(26)23-10-12-24(42-3)13-11-23)45-30(36)21-8-4-6-19(14-21)17-43-47(38)39;1-4(2)3/h4-16,38-41H,17-18H2,1-3H3;1-3H3. The van der Waals surface area contributed by atoms with E-state index < -0.39 is 46.5 Å². The molecular formula is C34H39N3O13P2. The van der Waals surface area contributed by atoms with Gasteiger partial charge in [-0.05, 0) is 80.8 Å². The maximum absolute atomic E-state index is 13.7. The summed E-state index contributed by atoms with van der Waals surface area (Å²) >= 11 is 0. The number of benzene rings is 3. The highest BCUT2D eigenvalue weighted by molar-refractivity contribution is 7.39. The number of hydrogen-bond donors (Lipinski definition) is 4. The monoisotopic (exact) mass is 759 g/mol. The Morgan fingerprint density at radius 2 is 1.19 bits per heavy atom. The highest BCUT2D eigenvalue weighted by atomic mass is 31.2. The van der Waals surface area contributed by atoms with Crippen molar-refractivity contribution in [2.45, 2.75) is 13.2 Å². The fourth-order valence-electron chi connectivity index (χ4n) is 4.39. The number of aldehydes is 1. The number of ether oxygens (including phenoxy) is 3. The van der Waals surface area contributed by atoms with Crippen molar-refractivity contribution in [3.05, 3.63) is 106 Å². The number of aromatic nitrogens is 1. The van der Waals surface area contributed by atoms with E-state index in [1.54, 1.807) is 24.3 Å². The second kappa shape index (κ2) is 19.9. The second-order valence-corrected chi connectivity index (χ2v) is 12.8. The number of hydrogen-bond acceptors (Lipinski definition) is 14. The molecule has 4 rings (SSSR count). The van der Waals surface area contributed by atoms with Gasteiger partial charge in [0.05, 0.1) is 31.5 Å². The number of esters is 2. The lowest BCUT2D eigenvalue weighted by Crippen LogP contribution is -2.26. The molecule has 3 aromatic carbocycles. The van der Waals surface area contributed by atoms with Gasteiger partial charge in [0.1, 0.15) is 11.4 Å². The first-order valence-electron chi connectivity index (χ1n) is 15.1. The molecule has 0 aliphatic carbocycles. The Hall–Kier alpha value is -4.60. The van der Waals surface area contributed by atoms with Gasteiger partial charge < -0.3 is 52.6 Å². The number of amides is 1. The SMILES string of the molecule is CN(C)C.COc1ccc(-n2c(C=O)c(OC(=O)c3cccc(COP(O)O)c3)c(OC(=O)c3cccc(COP(O)O)c3)c2C(=O)N(C)C)cc1. The number of methoxy groups -OCH3 is 1. The Kier molecular flexibility index (Phi) is 16.0. The molecule has 52 heavy (non-hydrogen) atoms. The molecule has 0 radical (unpaired) electrons. The van der Waals surface area contributed by atoms with Crippen LogP contribution < -0.4 is 14.2 Å². The van der Waals surface area contributed by atoms with E-state index in [0.717, 1.165) is 0 Å². The zero-order valence-electron chi connectivity index (χ0n) is 29.1. The molecule has 1 heterocycles. The van der Waals surface area contributed by atoms with E-state index in [-0.39, 0.29) is 41.4 Å². The van der Waals surface area contributed by atoms with Crippen LogP contribution in [-0.4, -0.2) is 100 Å². The molecule has 1 amide bonds. The average molecular weight is 760 g/mol. The van der Waals surface area contributed by atoms with E-state index in [4.69, 9.17) is 42.8 Å². The van der Waals surface area contributed by atoms with Gasteiger partial charge in [0.2, 0.25) is 11.5 Å². The zero-order valence-corrected chi connectivity index (χ0v) is 30.9. The van der Waals surface area contributed by atoms with Crippen molar-refractivity contribution in [1.29, 1.82) is 0 Å². The summed E-state index contributed by atoms with van der Waals surface area (Å²) in [6.07, 6.45) is 0.339. The van der Waals surface area contributed by atoms with Crippen LogP contribution in [0.2, 0.25) is 0 Å². The van der Waals surface area contributed by atoms with Crippen molar-refractivity contribution in [3.8, 4) is 22.9 Å². The highest BCUT2D eigenvalue weighted by Crippen LogP contribution is 2.41. The number of rotatable bonds is 14. The number of nitrogens with zero attached hydrogens (tertiary/aromatic N) is 3. The van der Waals surface area contributed by atoms with Crippen LogP contribution in [0, 0.1) is 0 Å². The quantitative estimate of drug-likeness (QED) is 0.0813. The molecule has 0 fully saturated rings. The summed E-state index contributed by atoms with van der Waals surface area (Å²) in [4.78, 5) is 93.1.